The number of esters is 1. The quantitative estimate of drug-likeness (QED) is 0.281. The highest BCUT2D eigenvalue weighted by atomic mass is 79.9. The maximum atomic E-state index is 13.3. The van der Waals surface area contributed by atoms with Gasteiger partial charge in [0.25, 0.3) is 5.56 Å². The molecule has 4 heterocycles. The van der Waals surface area contributed by atoms with E-state index in [2.05, 4.69) is 27.5 Å². The van der Waals surface area contributed by atoms with Crippen LogP contribution in [0.1, 0.15) is 30.0 Å². The molecule has 0 spiro atoms. The van der Waals surface area contributed by atoms with Crippen LogP contribution in [0.3, 0.4) is 0 Å². The number of rotatable bonds is 5. The van der Waals surface area contributed by atoms with E-state index >= 15 is 0 Å². The summed E-state index contributed by atoms with van der Waals surface area (Å²) in [5.74, 6) is -1.07. The monoisotopic (exact) mass is 532 g/mol. The van der Waals surface area contributed by atoms with Crippen molar-refractivity contribution in [2.24, 2.45) is 0 Å². The number of hydrogen-bond donors (Lipinski definition) is 1. The fourth-order valence-corrected chi connectivity index (χ4v) is 4.70. The topological polar surface area (TPSA) is 168 Å². The molecule has 0 saturated heterocycles. The summed E-state index contributed by atoms with van der Waals surface area (Å²) in [6.07, 6.45) is 3.92. The standard InChI is InChI=1S/C21H17BrN4O8/c1-3-21(29)14-12(9-34-20(21)28)19(27)24-8-11-15(22)10(2)13(6-4-5-7-25(30)31)23-16(11)18(24)17(14)26(32)33/h4-6,29H,2-3,7-9H2,1H3/b5-4-,13-6+/t21-/m0/s1. The van der Waals surface area contributed by atoms with Crippen LogP contribution in [0.15, 0.2) is 21.4 Å². The van der Waals surface area contributed by atoms with E-state index in [-0.39, 0.29) is 40.8 Å². The highest BCUT2D eigenvalue weighted by Crippen LogP contribution is 2.46. The van der Waals surface area contributed by atoms with Crippen LogP contribution >= 0.6 is 15.9 Å². The van der Waals surface area contributed by atoms with Gasteiger partial charge in [0.1, 0.15) is 18.0 Å². The Morgan fingerprint density at radius 1 is 1.32 bits per heavy atom. The second-order valence-electron chi connectivity index (χ2n) is 7.72. The lowest BCUT2D eigenvalue weighted by atomic mass is 9.84. The fraction of sp³-hybridized carbons (Fsp3) is 0.286. The Morgan fingerprint density at radius 3 is 2.65 bits per heavy atom. The predicted molar refractivity (Wildman–Crippen MR) is 122 cm³/mol. The first-order valence-corrected chi connectivity index (χ1v) is 10.8. The number of ether oxygens (including phenoxy) is 1. The molecule has 4 rings (SSSR count). The summed E-state index contributed by atoms with van der Waals surface area (Å²) >= 11 is 3.42. The number of nitrogens with zero attached hydrogens (tertiary/aromatic N) is 4. The van der Waals surface area contributed by atoms with Gasteiger partial charge >= 0.3 is 11.7 Å². The highest BCUT2D eigenvalue weighted by molar-refractivity contribution is 9.10. The molecule has 0 bridgehead atoms. The van der Waals surface area contributed by atoms with Crippen LogP contribution in [0.2, 0.25) is 0 Å². The van der Waals surface area contributed by atoms with Gasteiger partial charge in [0.15, 0.2) is 5.60 Å². The lowest BCUT2D eigenvalue weighted by Crippen LogP contribution is -2.45. The SMILES string of the molecule is C=c1c(Br)c2c(n/c1=C/C=C\C[N+](=O)[O-])-c1c([N+](=O)[O-])c3c(c(=O)n1C2)COC(=O)[C@]3(O)CC. The number of cyclic esters (lactones) is 1. The number of allylic oxidation sites excluding steroid dienone is 1. The lowest BCUT2D eigenvalue weighted by Gasteiger charge is -2.31. The van der Waals surface area contributed by atoms with Gasteiger partial charge in [-0.05, 0) is 34.5 Å². The maximum absolute atomic E-state index is 13.3. The van der Waals surface area contributed by atoms with Crippen LogP contribution in [0, 0.1) is 20.2 Å². The Hall–Kier alpha value is -3.71. The zero-order valence-corrected chi connectivity index (χ0v) is 19.3. The first-order valence-electron chi connectivity index (χ1n) is 10.0. The van der Waals surface area contributed by atoms with Gasteiger partial charge in [0, 0.05) is 20.2 Å². The molecular formula is C21H17BrN4O8. The summed E-state index contributed by atoms with van der Waals surface area (Å²) in [4.78, 5) is 51.7. The van der Waals surface area contributed by atoms with Crippen molar-refractivity contribution >= 4 is 40.2 Å². The molecule has 2 aliphatic heterocycles. The molecule has 13 heteroatoms. The molecule has 34 heavy (non-hydrogen) atoms. The van der Waals surface area contributed by atoms with Gasteiger partial charge in [-0.15, -0.1) is 0 Å². The van der Waals surface area contributed by atoms with Crippen molar-refractivity contribution in [2.45, 2.75) is 32.1 Å². The van der Waals surface area contributed by atoms with E-state index in [9.17, 15) is 34.9 Å². The van der Waals surface area contributed by atoms with E-state index in [1.807, 2.05) is 0 Å². The number of aromatic nitrogens is 2. The Labute approximate surface area is 198 Å². The van der Waals surface area contributed by atoms with Crippen molar-refractivity contribution in [3.05, 3.63) is 74.5 Å². The first kappa shape index (κ1) is 23.4. The second kappa shape index (κ2) is 8.25. The number of hydrogen-bond acceptors (Lipinski definition) is 9. The number of nitro groups is 2. The lowest BCUT2D eigenvalue weighted by molar-refractivity contribution is -0.468. The Balaban J connectivity index is 2.08. The number of pyridine rings is 2. The Morgan fingerprint density at radius 2 is 2.03 bits per heavy atom. The molecule has 176 valence electrons. The zero-order valence-electron chi connectivity index (χ0n) is 17.7. The van der Waals surface area contributed by atoms with Crippen molar-refractivity contribution in [1.29, 1.82) is 0 Å². The van der Waals surface area contributed by atoms with Crippen molar-refractivity contribution in [1.82, 2.24) is 9.55 Å². The van der Waals surface area contributed by atoms with Crippen LogP contribution < -0.4 is 16.1 Å². The average molecular weight is 533 g/mol. The summed E-state index contributed by atoms with van der Waals surface area (Å²) in [7, 11) is 0. The van der Waals surface area contributed by atoms with Crippen LogP contribution in [0.25, 0.3) is 24.0 Å². The van der Waals surface area contributed by atoms with E-state index in [0.717, 1.165) is 0 Å². The van der Waals surface area contributed by atoms with Gasteiger partial charge in [-0.25, -0.2) is 9.78 Å². The maximum Gasteiger partial charge on any atom is 0.343 e. The molecule has 2 aromatic heterocycles. The summed E-state index contributed by atoms with van der Waals surface area (Å²) in [6.45, 7) is 4.44. The first-order chi connectivity index (χ1) is 16.0. The van der Waals surface area contributed by atoms with E-state index in [0.29, 0.717) is 15.3 Å². The van der Waals surface area contributed by atoms with Crippen molar-refractivity contribution < 1.29 is 24.5 Å². The zero-order chi connectivity index (χ0) is 24.9. The molecule has 1 atom stereocenters. The van der Waals surface area contributed by atoms with E-state index in [1.54, 1.807) is 0 Å². The fourth-order valence-electron chi connectivity index (χ4n) is 4.19. The Kier molecular flexibility index (Phi) is 5.69. The molecule has 12 nitrogen and oxygen atoms in total. The molecule has 0 unspecified atom stereocenters. The van der Waals surface area contributed by atoms with Crippen LogP contribution in [0.5, 0.6) is 0 Å². The normalized spacial score (nSPS) is 19.0. The minimum absolute atomic E-state index is 0.0519. The molecule has 0 aliphatic carbocycles. The van der Waals surface area contributed by atoms with Gasteiger partial charge < -0.3 is 9.84 Å². The van der Waals surface area contributed by atoms with Crippen molar-refractivity contribution in [2.75, 3.05) is 6.54 Å². The van der Waals surface area contributed by atoms with Crippen LogP contribution in [-0.4, -0.2) is 37.0 Å². The number of carbonyl (C=O) groups is 1. The predicted octanol–water partition coefficient (Wildman–Crippen LogP) is 0.621. The molecule has 2 aliphatic rings. The summed E-state index contributed by atoms with van der Waals surface area (Å²) in [6, 6.07) is 0. The number of halogens is 1. The summed E-state index contributed by atoms with van der Waals surface area (Å²) in [5, 5.41) is 34.5. The largest absolute Gasteiger partial charge is 0.458 e. The Bertz CT molecular complexity index is 1500. The second-order valence-corrected chi connectivity index (χ2v) is 8.51. The third-order valence-electron chi connectivity index (χ3n) is 5.87. The van der Waals surface area contributed by atoms with Crippen molar-refractivity contribution in [3.8, 4) is 11.4 Å². The minimum Gasteiger partial charge on any atom is -0.458 e. The summed E-state index contributed by atoms with van der Waals surface area (Å²) < 4.78 is 6.60. The van der Waals surface area contributed by atoms with Gasteiger partial charge in [-0.1, -0.05) is 19.6 Å². The van der Waals surface area contributed by atoms with E-state index in [4.69, 9.17) is 4.74 Å². The molecule has 0 amide bonds. The highest BCUT2D eigenvalue weighted by Gasteiger charge is 2.51. The number of fused-ring (bicyclic) bond motifs is 4. The molecule has 0 radical (unpaired) electrons. The van der Waals surface area contributed by atoms with Gasteiger partial charge in [-0.3, -0.25) is 29.6 Å². The minimum atomic E-state index is -2.36. The van der Waals surface area contributed by atoms with Crippen LogP contribution in [-0.2, 0) is 28.3 Å². The molecule has 0 fully saturated rings. The van der Waals surface area contributed by atoms with E-state index in [1.165, 1.54) is 29.7 Å². The molecular weight excluding hydrogens is 516 g/mol. The number of carbonyl (C=O) groups excluding carboxylic acids is 1. The van der Waals surface area contributed by atoms with Gasteiger partial charge in [-0.2, -0.15) is 0 Å². The molecule has 0 aromatic carbocycles. The summed E-state index contributed by atoms with van der Waals surface area (Å²) in [5.41, 5.74) is -3.71. The molecule has 1 N–H and O–H groups in total. The third-order valence-corrected chi connectivity index (χ3v) is 6.83. The molecule has 0 saturated carbocycles. The van der Waals surface area contributed by atoms with Crippen LogP contribution in [0.4, 0.5) is 5.69 Å². The molecule has 2 aromatic rings. The van der Waals surface area contributed by atoms with Gasteiger partial charge in [0.2, 0.25) is 6.54 Å². The smallest absolute Gasteiger partial charge is 0.343 e. The van der Waals surface area contributed by atoms with E-state index < -0.39 is 45.8 Å². The average Bonchev–Trinajstić information content (AvgIpc) is 3.16. The van der Waals surface area contributed by atoms with Crippen molar-refractivity contribution in [3.63, 3.8) is 0 Å². The number of aliphatic hydroxyl groups is 1. The third kappa shape index (κ3) is 3.35. The van der Waals surface area contributed by atoms with Gasteiger partial charge in [0.05, 0.1) is 27.9 Å².